The molecule has 0 aromatic rings. The molecule has 0 aromatic heterocycles. The number of carbonyl (C=O) groups is 1. The van der Waals surface area contributed by atoms with Crippen LogP contribution in [0.4, 0.5) is 4.79 Å². The summed E-state index contributed by atoms with van der Waals surface area (Å²) in [6.45, 7) is 6.03. The number of alkyl carbamates (subject to hydrolysis) is 1. The molecule has 0 spiro atoms. The first-order valence-electron chi connectivity index (χ1n) is 4.27. The molecule has 0 heterocycles. The summed E-state index contributed by atoms with van der Waals surface area (Å²) >= 11 is 0. The number of ether oxygens (including phenoxy) is 1. The Morgan fingerprint density at radius 3 is 2.50 bits per heavy atom. The van der Waals surface area contributed by atoms with Crippen molar-refractivity contribution in [2.45, 2.75) is 39.3 Å². The van der Waals surface area contributed by atoms with Crippen LogP contribution in [0.1, 0.15) is 27.2 Å². The van der Waals surface area contributed by atoms with Crippen molar-refractivity contribution in [1.82, 2.24) is 5.32 Å². The number of nitrogens with two attached hydrogens (primary N) is 1. The molecule has 0 saturated heterocycles. The van der Waals surface area contributed by atoms with E-state index >= 15 is 0 Å². The summed E-state index contributed by atoms with van der Waals surface area (Å²) < 4.78 is 4.88. The van der Waals surface area contributed by atoms with Crippen LogP contribution in [0.15, 0.2) is 0 Å². The second-order valence-corrected chi connectivity index (χ2v) is 2.94. The molecule has 0 saturated carbocycles. The second kappa shape index (κ2) is 5.83. The summed E-state index contributed by atoms with van der Waals surface area (Å²) in [5, 5.41) is 2.66. The molecule has 0 aliphatic heterocycles. The quantitative estimate of drug-likeness (QED) is 0.664. The van der Waals surface area contributed by atoms with Crippen molar-refractivity contribution in [3.8, 4) is 0 Å². The molecule has 3 N–H and O–H groups in total. The van der Waals surface area contributed by atoms with Crippen molar-refractivity contribution in [3.63, 3.8) is 0 Å². The van der Waals surface area contributed by atoms with Crippen molar-refractivity contribution in [3.05, 3.63) is 0 Å². The Hall–Kier alpha value is -0.770. The lowest BCUT2D eigenvalue weighted by atomic mass is 10.2. The molecule has 4 heteroatoms. The first-order valence-corrected chi connectivity index (χ1v) is 4.27. The maximum absolute atomic E-state index is 11.0. The molecule has 0 radical (unpaired) electrons. The molecule has 0 aliphatic rings. The summed E-state index contributed by atoms with van der Waals surface area (Å²) in [4.78, 5) is 11.0. The van der Waals surface area contributed by atoms with E-state index in [-0.39, 0.29) is 18.2 Å². The van der Waals surface area contributed by atoms with Crippen molar-refractivity contribution in [2.24, 2.45) is 5.73 Å². The topological polar surface area (TPSA) is 64.3 Å². The highest BCUT2D eigenvalue weighted by Gasteiger charge is 2.09. The summed E-state index contributed by atoms with van der Waals surface area (Å²) in [6.07, 6.45) is 0.353. The van der Waals surface area contributed by atoms with Gasteiger partial charge in [-0.2, -0.15) is 0 Å². The molecule has 4 nitrogen and oxygen atoms in total. The van der Waals surface area contributed by atoms with Crippen molar-refractivity contribution in [1.29, 1.82) is 0 Å². The Kier molecular flexibility index (Phi) is 5.45. The predicted octanol–water partition coefficient (Wildman–Crippen LogP) is 0.858. The van der Waals surface area contributed by atoms with Crippen LogP contribution in [0.3, 0.4) is 0 Å². The fraction of sp³-hybridized carbons (Fsp3) is 0.875. The van der Waals surface area contributed by atoms with Gasteiger partial charge in [-0.05, 0) is 20.3 Å². The predicted molar refractivity (Wildman–Crippen MR) is 47.9 cm³/mol. The summed E-state index contributed by atoms with van der Waals surface area (Å²) in [6, 6.07) is 0.0243. The van der Waals surface area contributed by atoms with E-state index in [1.54, 1.807) is 0 Å². The van der Waals surface area contributed by atoms with Crippen LogP contribution < -0.4 is 11.1 Å². The summed E-state index contributed by atoms with van der Waals surface area (Å²) in [5.41, 5.74) is 5.39. The average Bonchev–Trinajstić information content (AvgIpc) is 1.98. The minimum Gasteiger partial charge on any atom is -0.447 e. The lowest BCUT2D eigenvalue weighted by Crippen LogP contribution is -2.40. The molecule has 72 valence electrons. The first-order chi connectivity index (χ1) is 5.60. The van der Waals surface area contributed by atoms with Gasteiger partial charge >= 0.3 is 6.09 Å². The van der Waals surface area contributed by atoms with Gasteiger partial charge in [0.05, 0.1) is 6.10 Å². The number of amides is 1. The maximum Gasteiger partial charge on any atom is 0.407 e. The van der Waals surface area contributed by atoms with Crippen molar-refractivity contribution < 1.29 is 9.53 Å². The van der Waals surface area contributed by atoms with Gasteiger partial charge in [-0.25, -0.2) is 4.79 Å². The van der Waals surface area contributed by atoms with Gasteiger partial charge in [0.15, 0.2) is 0 Å². The number of hydrogen-bond acceptors (Lipinski definition) is 3. The van der Waals surface area contributed by atoms with E-state index in [0.29, 0.717) is 6.54 Å². The van der Waals surface area contributed by atoms with E-state index in [0.717, 1.165) is 6.42 Å². The Morgan fingerprint density at radius 1 is 1.58 bits per heavy atom. The largest absolute Gasteiger partial charge is 0.447 e. The van der Waals surface area contributed by atoms with Crippen LogP contribution in [0.5, 0.6) is 0 Å². The standard InChI is InChI=1S/C8H18N2O2/c1-4-7(5-9)10-8(11)12-6(2)3/h6-7H,4-5,9H2,1-3H3,(H,10,11). The van der Waals surface area contributed by atoms with E-state index in [1.165, 1.54) is 0 Å². The molecule has 0 rings (SSSR count). The van der Waals surface area contributed by atoms with Gasteiger partial charge in [-0.3, -0.25) is 0 Å². The molecule has 1 amide bonds. The van der Waals surface area contributed by atoms with Gasteiger partial charge in [-0.1, -0.05) is 6.92 Å². The smallest absolute Gasteiger partial charge is 0.407 e. The van der Waals surface area contributed by atoms with Crippen molar-refractivity contribution in [2.75, 3.05) is 6.54 Å². The molecular formula is C8H18N2O2. The molecular weight excluding hydrogens is 156 g/mol. The SMILES string of the molecule is CCC(CN)NC(=O)OC(C)C. The van der Waals surface area contributed by atoms with E-state index < -0.39 is 0 Å². The maximum atomic E-state index is 11.0. The Balaban J connectivity index is 3.66. The molecule has 12 heavy (non-hydrogen) atoms. The molecule has 1 atom stereocenters. The highest BCUT2D eigenvalue weighted by molar-refractivity contribution is 5.67. The van der Waals surface area contributed by atoms with Crippen LogP contribution >= 0.6 is 0 Å². The fourth-order valence-electron chi connectivity index (χ4n) is 0.742. The van der Waals surface area contributed by atoms with Gasteiger partial charge in [-0.15, -0.1) is 0 Å². The first kappa shape index (κ1) is 11.2. The van der Waals surface area contributed by atoms with E-state index in [1.807, 2.05) is 20.8 Å². The third kappa shape index (κ3) is 4.96. The number of hydrogen-bond donors (Lipinski definition) is 2. The van der Waals surface area contributed by atoms with E-state index in [2.05, 4.69) is 5.32 Å². The summed E-state index contributed by atoms with van der Waals surface area (Å²) in [5.74, 6) is 0. The summed E-state index contributed by atoms with van der Waals surface area (Å²) in [7, 11) is 0. The lowest BCUT2D eigenvalue weighted by Gasteiger charge is -2.15. The molecule has 0 fully saturated rings. The fourth-order valence-corrected chi connectivity index (χ4v) is 0.742. The van der Waals surface area contributed by atoms with Gasteiger partial charge in [0.1, 0.15) is 0 Å². The Morgan fingerprint density at radius 2 is 2.17 bits per heavy atom. The van der Waals surface area contributed by atoms with Crippen LogP contribution in [0, 0.1) is 0 Å². The van der Waals surface area contributed by atoms with Gasteiger partial charge in [0.2, 0.25) is 0 Å². The number of carbonyl (C=O) groups excluding carboxylic acids is 1. The minimum atomic E-state index is -0.387. The zero-order valence-corrected chi connectivity index (χ0v) is 7.96. The van der Waals surface area contributed by atoms with E-state index in [4.69, 9.17) is 10.5 Å². The monoisotopic (exact) mass is 174 g/mol. The molecule has 0 aliphatic carbocycles. The molecule has 1 unspecified atom stereocenters. The van der Waals surface area contributed by atoms with Crippen molar-refractivity contribution >= 4 is 6.09 Å². The molecule has 0 bridgehead atoms. The zero-order chi connectivity index (χ0) is 9.56. The minimum absolute atomic E-state index is 0.0243. The molecule has 0 aromatic carbocycles. The Labute approximate surface area is 73.5 Å². The van der Waals surface area contributed by atoms with Crippen LogP contribution in [0.2, 0.25) is 0 Å². The van der Waals surface area contributed by atoms with Crippen LogP contribution in [-0.4, -0.2) is 24.8 Å². The number of nitrogens with one attached hydrogen (secondary N) is 1. The third-order valence-electron chi connectivity index (χ3n) is 1.44. The highest BCUT2D eigenvalue weighted by Crippen LogP contribution is 1.92. The van der Waals surface area contributed by atoms with Gasteiger partial charge in [0.25, 0.3) is 0 Å². The van der Waals surface area contributed by atoms with Gasteiger partial charge < -0.3 is 15.8 Å². The van der Waals surface area contributed by atoms with E-state index in [9.17, 15) is 4.79 Å². The lowest BCUT2D eigenvalue weighted by molar-refractivity contribution is 0.112. The highest BCUT2D eigenvalue weighted by atomic mass is 16.6. The zero-order valence-electron chi connectivity index (χ0n) is 7.96. The van der Waals surface area contributed by atoms with Crippen LogP contribution in [0.25, 0.3) is 0 Å². The van der Waals surface area contributed by atoms with Crippen LogP contribution in [-0.2, 0) is 4.74 Å². The third-order valence-corrected chi connectivity index (χ3v) is 1.44. The van der Waals surface area contributed by atoms with Gasteiger partial charge in [0, 0.05) is 12.6 Å². The second-order valence-electron chi connectivity index (χ2n) is 2.94. The number of rotatable bonds is 4. The Bertz CT molecular complexity index is 133. The normalized spacial score (nSPS) is 12.8. The average molecular weight is 174 g/mol.